The summed E-state index contributed by atoms with van der Waals surface area (Å²) in [4.78, 5) is 30.4. The Hall–Kier alpha value is -2.68. The summed E-state index contributed by atoms with van der Waals surface area (Å²) in [6, 6.07) is 7.21. The molecule has 31 heavy (non-hydrogen) atoms. The summed E-state index contributed by atoms with van der Waals surface area (Å²) in [7, 11) is 0. The van der Waals surface area contributed by atoms with E-state index in [0.29, 0.717) is 29.5 Å². The molecular weight excluding hydrogens is 421 g/mol. The molecule has 0 aliphatic carbocycles. The van der Waals surface area contributed by atoms with E-state index in [2.05, 4.69) is 10.3 Å². The lowest BCUT2D eigenvalue weighted by molar-refractivity contribution is 0.0153. The van der Waals surface area contributed by atoms with Crippen molar-refractivity contribution in [2.24, 2.45) is 5.92 Å². The molecule has 9 heteroatoms. The SMILES string of the molecule is CC(C)(C)OC(=O)N1CCC(COC(=O)Nc2ccccc2-c2nc(CF)cs2)CC1. The number of anilines is 1. The number of piperidine rings is 1. The van der Waals surface area contributed by atoms with Crippen LogP contribution in [-0.4, -0.2) is 47.4 Å². The first-order valence-electron chi connectivity index (χ1n) is 10.3. The van der Waals surface area contributed by atoms with Crippen LogP contribution in [0.25, 0.3) is 10.6 Å². The zero-order valence-corrected chi connectivity index (χ0v) is 18.8. The van der Waals surface area contributed by atoms with Gasteiger partial charge in [-0.3, -0.25) is 5.32 Å². The quantitative estimate of drug-likeness (QED) is 0.654. The lowest BCUT2D eigenvalue weighted by Crippen LogP contribution is -2.42. The Morgan fingerprint density at radius 3 is 2.61 bits per heavy atom. The number of alkyl halides is 1. The highest BCUT2D eigenvalue weighted by Crippen LogP contribution is 2.31. The average Bonchev–Trinajstić information content (AvgIpc) is 3.21. The van der Waals surface area contributed by atoms with E-state index >= 15 is 0 Å². The molecule has 1 aliphatic rings. The van der Waals surface area contributed by atoms with Gasteiger partial charge in [0.05, 0.1) is 18.0 Å². The minimum absolute atomic E-state index is 0.186. The van der Waals surface area contributed by atoms with E-state index in [0.717, 1.165) is 18.4 Å². The molecule has 1 aromatic heterocycles. The van der Waals surface area contributed by atoms with Crippen LogP contribution in [0, 0.1) is 5.92 Å². The van der Waals surface area contributed by atoms with Gasteiger partial charge < -0.3 is 14.4 Å². The fourth-order valence-electron chi connectivity index (χ4n) is 3.22. The number of likely N-dealkylation sites (tertiary alicyclic amines) is 1. The first-order valence-corrected chi connectivity index (χ1v) is 11.1. The predicted molar refractivity (Wildman–Crippen MR) is 118 cm³/mol. The highest BCUT2D eigenvalue weighted by atomic mass is 32.1. The first kappa shape index (κ1) is 23.0. The second kappa shape index (κ2) is 10.1. The third-order valence-corrected chi connectivity index (χ3v) is 5.72. The van der Waals surface area contributed by atoms with Crippen molar-refractivity contribution in [3.63, 3.8) is 0 Å². The number of thiazole rings is 1. The van der Waals surface area contributed by atoms with Gasteiger partial charge in [0.2, 0.25) is 0 Å². The van der Waals surface area contributed by atoms with Gasteiger partial charge in [0.15, 0.2) is 0 Å². The van der Waals surface area contributed by atoms with Crippen LogP contribution in [-0.2, 0) is 16.1 Å². The molecule has 3 rings (SSSR count). The number of amides is 2. The summed E-state index contributed by atoms with van der Waals surface area (Å²) in [6.07, 6.45) is 0.631. The molecule has 0 bridgehead atoms. The van der Waals surface area contributed by atoms with Crippen LogP contribution >= 0.6 is 11.3 Å². The minimum Gasteiger partial charge on any atom is -0.449 e. The number of rotatable bonds is 5. The predicted octanol–water partition coefficient (Wildman–Crippen LogP) is 5.48. The summed E-state index contributed by atoms with van der Waals surface area (Å²) in [5.41, 5.74) is 1.13. The summed E-state index contributed by atoms with van der Waals surface area (Å²) in [5, 5.41) is 5.05. The van der Waals surface area contributed by atoms with Crippen LogP contribution in [0.15, 0.2) is 29.6 Å². The molecular formula is C22H28FN3O4S. The molecule has 2 heterocycles. The van der Waals surface area contributed by atoms with Crippen molar-refractivity contribution >= 4 is 29.2 Å². The third kappa shape index (κ3) is 6.65. The summed E-state index contributed by atoms with van der Waals surface area (Å²) >= 11 is 1.32. The number of hydrogen-bond donors (Lipinski definition) is 1. The Bertz CT molecular complexity index is 904. The van der Waals surface area contributed by atoms with Crippen molar-refractivity contribution in [1.29, 1.82) is 0 Å². The molecule has 7 nitrogen and oxygen atoms in total. The van der Waals surface area contributed by atoms with Crippen LogP contribution in [0.5, 0.6) is 0 Å². The van der Waals surface area contributed by atoms with Crippen molar-refractivity contribution in [3.8, 4) is 10.6 Å². The van der Waals surface area contributed by atoms with Crippen molar-refractivity contribution in [2.45, 2.75) is 45.9 Å². The summed E-state index contributed by atoms with van der Waals surface area (Å²) in [5.74, 6) is 0.186. The topological polar surface area (TPSA) is 80.8 Å². The van der Waals surface area contributed by atoms with E-state index in [4.69, 9.17) is 9.47 Å². The van der Waals surface area contributed by atoms with Gasteiger partial charge in [-0.05, 0) is 51.7 Å². The van der Waals surface area contributed by atoms with Crippen LogP contribution < -0.4 is 5.32 Å². The van der Waals surface area contributed by atoms with Gasteiger partial charge in [-0.15, -0.1) is 11.3 Å². The molecule has 1 saturated heterocycles. The Morgan fingerprint density at radius 1 is 1.26 bits per heavy atom. The van der Waals surface area contributed by atoms with Gasteiger partial charge in [0, 0.05) is 24.0 Å². The van der Waals surface area contributed by atoms with Crippen LogP contribution in [0.2, 0.25) is 0 Å². The molecule has 1 N–H and O–H groups in total. The lowest BCUT2D eigenvalue weighted by Gasteiger charge is -2.33. The number of nitrogens with one attached hydrogen (secondary N) is 1. The molecule has 1 aliphatic heterocycles. The van der Waals surface area contributed by atoms with Crippen molar-refractivity contribution in [2.75, 3.05) is 25.0 Å². The van der Waals surface area contributed by atoms with E-state index < -0.39 is 18.4 Å². The van der Waals surface area contributed by atoms with Gasteiger partial charge in [0.25, 0.3) is 0 Å². The van der Waals surface area contributed by atoms with Crippen molar-refractivity contribution in [3.05, 3.63) is 35.3 Å². The van der Waals surface area contributed by atoms with Crippen LogP contribution in [0.4, 0.5) is 19.7 Å². The molecule has 0 radical (unpaired) electrons. The number of carbonyl (C=O) groups excluding carboxylic acids is 2. The maximum absolute atomic E-state index is 12.8. The van der Waals surface area contributed by atoms with Crippen LogP contribution in [0.1, 0.15) is 39.3 Å². The number of para-hydroxylation sites is 1. The molecule has 1 aromatic carbocycles. The van der Waals surface area contributed by atoms with Gasteiger partial charge in [-0.25, -0.2) is 19.0 Å². The smallest absolute Gasteiger partial charge is 0.411 e. The number of nitrogens with zero attached hydrogens (tertiary/aromatic N) is 2. The van der Waals surface area contributed by atoms with E-state index in [9.17, 15) is 14.0 Å². The Morgan fingerprint density at radius 2 is 1.97 bits per heavy atom. The van der Waals surface area contributed by atoms with Gasteiger partial charge in [0.1, 0.15) is 17.3 Å². The highest BCUT2D eigenvalue weighted by Gasteiger charge is 2.27. The number of aromatic nitrogens is 1. The van der Waals surface area contributed by atoms with E-state index in [1.54, 1.807) is 22.4 Å². The molecule has 1 fully saturated rings. The second-order valence-electron chi connectivity index (χ2n) is 8.46. The van der Waals surface area contributed by atoms with E-state index in [1.165, 1.54) is 11.3 Å². The largest absolute Gasteiger partial charge is 0.449 e. The number of ether oxygens (including phenoxy) is 2. The zero-order valence-electron chi connectivity index (χ0n) is 18.0. The number of hydrogen-bond acceptors (Lipinski definition) is 6. The molecule has 0 saturated carbocycles. The standard InChI is InChI=1S/C22H28FN3O4S/c1-22(2,3)30-21(28)26-10-8-15(9-11-26)13-29-20(27)25-18-7-5-4-6-17(18)19-24-16(12-23)14-31-19/h4-7,14-15H,8-13H2,1-3H3,(H,25,27). The number of halogens is 1. The third-order valence-electron chi connectivity index (χ3n) is 4.80. The Balaban J connectivity index is 1.48. The fourth-order valence-corrected chi connectivity index (χ4v) is 4.06. The zero-order chi connectivity index (χ0) is 22.4. The number of benzene rings is 1. The molecule has 0 spiro atoms. The van der Waals surface area contributed by atoms with Crippen molar-refractivity contribution in [1.82, 2.24) is 9.88 Å². The monoisotopic (exact) mass is 449 g/mol. The Kier molecular flexibility index (Phi) is 7.48. The van der Waals surface area contributed by atoms with E-state index in [1.807, 2.05) is 32.9 Å². The average molecular weight is 450 g/mol. The van der Waals surface area contributed by atoms with Gasteiger partial charge in [-0.1, -0.05) is 12.1 Å². The number of carbonyl (C=O) groups is 2. The van der Waals surface area contributed by atoms with Gasteiger partial charge in [-0.2, -0.15) is 0 Å². The molecule has 168 valence electrons. The molecule has 2 aromatic rings. The van der Waals surface area contributed by atoms with E-state index in [-0.39, 0.29) is 18.6 Å². The summed E-state index contributed by atoms with van der Waals surface area (Å²) < 4.78 is 23.6. The molecule has 0 unspecified atom stereocenters. The maximum atomic E-state index is 12.8. The lowest BCUT2D eigenvalue weighted by atomic mass is 9.98. The first-order chi connectivity index (χ1) is 14.7. The van der Waals surface area contributed by atoms with Crippen LogP contribution in [0.3, 0.4) is 0 Å². The van der Waals surface area contributed by atoms with Crippen molar-refractivity contribution < 1.29 is 23.5 Å². The highest BCUT2D eigenvalue weighted by molar-refractivity contribution is 7.13. The maximum Gasteiger partial charge on any atom is 0.411 e. The normalized spacial score (nSPS) is 14.9. The fraction of sp³-hybridized carbons (Fsp3) is 0.500. The minimum atomic E-state index is -0.624. The summed E-state index contributed by atoms with van der Waals surface area (Å²) in [6.45, 7) is 6.34. The second-order valence-corrected chi connectivity index (χ2v) is 9.32. The van der Waals surface area contributed by atoms with Gasteiger partial charge >= 0.3 is 12.2 Å². The molecule has 0 atom stereocenters. The Labute approximate surface area is 185 Å². The molecule has 2 amide bonds.